The Morgan fingerprint density at radius 2 is 1.87 bits per heavy atom. The Kier molecular flexibility index (Phi) is 5.20. The Bertz CT molecular complexity index is 739. The lowest BCUT2D eigenvalue weighted by atomic mass is 9.82. The number of allylic oxidation sites excluding steroid dienone is 2. The van der Waals surface area contributed by atoms with Crippen molar-refractivity contribution in [1.29, 1.82) is 0 Å². The summed E-state index contributed by atoms with van der Waals surface area (Å²) in [6, 6.07) is 6.57. The van der Waals surface area contributed by atoms with Crippen LogP contribution in [-0.4, -0.2) is 31.7 Å². The topological polar surface area (TPSA) is 101 Å². The van der Waals surface area contributed by atoms with E-state index < -0.39 is 27.6 Å². The zero-order valence-corrected chi connectivity index (χ0v) is 13.5. The van der Waals surface area contributed by atoms with E-state index in [0.717, 1.165) is 6.26 Å². The van der Waals surface area contributed by atoms with Gasteiger partial charge in [-0.05, 0) is 30.5 Å². The third-order valence-electron chi connectivity index (χ3n) is 3.71. The number of nitrogens with one attached hydrogen (secondary N) is 1. The molecule has 1 aliphatic rings. The molecule has 7 heteroatoms. The Labute approximate surface area is 135 Å². The van der Waals surface area contributed by atoms with Gasteiger partial charge in [0.15, 0.2) is 9.84 Å². The number of carbonyl (C=O) groups is 2. The first-order valence-corrected chi connectivity index (χ1v) is 9.27. The van der Waals surface area contributed by atoms with Crippen molar-refractivity contribution in [1.82, 2.24) is 0 Å². The van der Waals surface area contributed by atoms with Crippen LogP contribution in [0.2, 0.25) is 0 Å². The molecule has 0 unspecified atom stereocenters. The van der Waals surface area contributed by atoms with Gasteiger partial charge in [0.2, 0.25) is 5.91 Å². The molecular formula is C16H19NO5S. The summed E-state index contributed by atoms with van der Waals surface area (Å²) in [6.07, 6.45) is 5.44. The number of amides is 1. The molecule has 0 heterocycles. The molecule has 1 aromatic rings. The fraction of sp³-hybridized carbons (Fsp3) is 0.375. The largest absolute Gasteiger partial charge is 0.481 e. The average molecular weight is 337 g/mol. The second kappa shape index (κ2) is 6.95. The SMILES string of the molecule is CS(=O)(=O)Cc1cccc(NC(=O)[C@H]2CC=CC[C@H]2C(=O)O)c1. The van der Waals surface area contributed by atoms with Crippen molar-refractivity contribution in [2.75, 3.05) is 11.6 Å². The number of benzene rings is 1. The molecule has 0 aromatic heterocycles. The van der Waals surface area contributed by atoms with Gasteiger partial charge in [-0.25, -0.2) is 8.42 Å². The standard InChI is InChI=1S/C16H19NO5S/c1-23(21,22)10-11-5-4-6-12(9-11)17-15(18)13-7-2-3-8-14(13)16(19)20/h2-6,9,13-14H,7-8,10H2,1H3,(H,17,18)(H,19,20)/t13-,14+/m0/s1. The van der Waals surface area contributed by atoms with Gasteiger partial charge in [-0.3, -0.25) is 9.59 Å². The minimum atomic E-state index is -3.16. The first-order chi connectivity index (χ1) is 10.8. The number of rotatable bonds is 5. The highest BCUT2D eigenvalue weighted by molar-refractivity contribution is 7.89. The summed E-state index contributed by atoms with van der Waals surface area (Å²) in [5, 5.41) is 11.9. The molecule has 0 radical (unpaired) electrons. The number of carboxylic acids is 1. The van der Waals surface area contributed by atoms with Crippen molar-refractivity contribution in [3.8, 4) is 0 Å². The number of sulfone groups is 1. The van der Waals surface area contributed by atoms with E-state index in [9.17, 15) is 23.1 Å². The van der Waals surface area contributed by atoms with Crippen LogP contribution in [0.25, 0.3) is 0 Å². The van der Waals surface area contributed by atoms with Gasteiger partial charge < -0.3 is 10.4 Å². The van der Waals surface area contributed by atoms with Crippen molar-refractivity contribution in [2.45, 2.75) is 18.6 Å². The minimum absolute atomic E-state index is 0.110. The molecule has 1 amide bonds. The molecule has 0 fully saturated rings. The van der Waals surface area contributed by atoms with Crippen molar-refractivity contribution < 1.29 is 23.1 Å². The quantitative estimate of drug-likeness (QED) is 0.799. The van der Waals surface area contributed by atoms with Gasteiger partial charge in [0.25, 0.3) is 0 Å². The zero-order chi connectivity index (χ0) is 17.0. The van der Waals surface area contributed by atoms with E-state index in [1.807, 2.05) is 6.08 Å². The Hall–Kier alpha value is -2.15. The van der Waals surface area contributed by atoms with Gasteiger partial charge in [-0.15, -0.1) is 0 Å². The molecule has 1 aliphatic carbocycles. The number of carbonyl (C=O) groups excluding carboxylic acids is 1. The summed E-state index contributed by atoms with van der Waals surface area (Å²) in [5.41, 5.74) is 1.04. The van der Waals surface area contributed by atoms with Gasteiger partial charge >= 0.3 is 5.97 Å². The van der Waals surface area contributed by atoms with E-state index in [-0.39, 0.29) is 11.7 Å². The zero-order valence-electron chi connectivity index (χ0n) is 12.7. The van der Waals surface area contributed by atoms with Crippen LogP contribution in [0.4, 0.5) is 5.69 Å². The number of carboxylic acid groups (broad SMARTS) is 1. The fourth-order valence-electron chi connectivity index (χ4n) is 2.65. The summed E-state index contributed by atoms with van der Waals surface area (Å²) in [7, 11) is -3.16. The highest BCUT2D eigenvalue weighted by Gasteiger charge is 2.33. The molecule has 2 N–H and O–H groups in total. The fourth-order valence-corrected chi connectivity index (χ4v) is 3.44. The van der Waals surface area contributed by atoms with Gasteiger partial charge in [0.05, 0.1) is 17.6 Å². The van der Waals surface area contributed by atoms with Crippen LogP contribution in [0.5, 0.6) is 0 Å². The molecule has 2 atom stereocenters. The first kappa shape index (κ1) is 17.2. The number of anilines is 1. The van der Waals surface area contributed by atoms with Gasteiger partial charge in [-0.1, -0.05) is 24.3 Å². The van der Waals surface area contributed by atoms with Crippen LogP contribution >= 0.6 is 0 Å². The molecule has 0 saturated carbocycles. The number of hydrogen-bond acceptors (Lipinski definition) is 4. The third kappa shape index (κ3) is 4.92. The van der Waals surface area contributed by atoms with Crippen molar-refractivity contribution in [2.24, 2.45) is 11.8 Å². The third-order valence-corrected chi connectivity index (χ3v) is 4.57. The molecule has 0 aliphatic heterocycles. The Morgan fingerprint density at radius 3 is 2.48 bits per heavy atom. The van der Waals surface area contributed by atoms with Crippen molar-refractivity contribution >= 4 is 27.4 Å². The monoisotopic (exact) mass is 337 g/mol. The van der Waals surface area contributed by atoms with Crippen molar-refractivity contribution in [3.63, 3.8) is 0 Å². The maximum absolute atomic E-state index is 12.4. The van der Waals surface area contributed by atoms with Crippen molar-refractivity contribution in [3.05, 3.63) is 42.0 Å². The molecule has 0 bridgehead atoms. The maximum Gasteiger partial charge on any atom is 0.307 e. The first-order valence-electron chi connectivity index (χ1n) is 7.21. The number of aliphatic carboxylic acids is 1. The van der Waals surface area contributed by atoms with E-state index >= 15 is 0 Å². The Balaban J connectivity index is 2.12. The van der Waals surface area contributed by atoms with Crippen LogP contribution < -0.4 is 5.32 Å². The Morgan fingerprint density at radius 1 is 1.22 bits per heavy atom. The lowest BCUT2D eigenvalue weighted by Gasteiger charge is -2.24. The minimum Gasteiger partial charge on any atom is -0.481 e. The predicted molar refractivity (Wildman–Crippen MR) is 86.6 cm³/mol. The molecular weight excluding hydrogens is 318 g/mol. The molecule has 23 heavy (non-hydrogen) atoms. The average Bonchev–Trinajstić information content (AvgIpc) is 2.45. The molecule has 0 spiro atoms. The lowest BCUT2D eigenvalue weighted by molar-refractivity contribution is -0.146. The molecule has 0 saturated heterocycles. The molecule has 2 rings (SSSR count). The second-order valence-electron chi connectivity index (χ2n) is 5.75. The highest BCUT2D eigenvalue weighted by Crippen LogP contribution is 2.27. The van der Waals surface area contributed by atoms with Gasteiger partial charge in [0.1, 0.15) is 0 Å². The summed E-state index contributed by atoms with van der Waals surface area (Å²) in [4.78, 5) is 23.6. The summed E-state index contributed by atoms with van der Waals surface area (Å²) >= 11 is 0. The van der Waals surface area contributed by atoms with Crippen LogP contribution in [0.3, 0.4) is 0 Å². The molecule has 1 aromatic carbocycles. The maximum atomic E-state index is 12.4. The summed E-state index contributed by atoms with van der Waals surface area (Å²) < 4.78 is 22.7. The number of hydrogen-bond donors (Lipinski definition) is 2. The summed E-state index contributed by atoms with van der Waals surface area (Å²) in [6.45, 7) is 0. The highest BCUT2D eigenvalue weighted by atomic mass is 32.2. The van der Waals surface area contributed by atoms with E-state index in [1.54, 1.807) is 30.3 Å². The van der Waals surface area contributed by atoms with E-state index in [2.05, 4.69) is 5.32 Å². The predicted octanol–water partition coefficient (Wildman–Crippen LogP) is 1.84. The second-order valence-corrected chi connectivity index (χ2v) is 7.89. The smallest absolute Gasteiger partial charge is 0.307 e. The van der Waals surface area contributed by atoms with E-state index in [1.165, 1.54) is 0 Å². The van der Waals surface area contributed by atoms with Crippen LogP contribution in [0.1, 0.15) is 18.4 Å². The van der Waals surface area contributed by atoms with Gasteiger partial charge in [-0.2, -0.15) is 0 Å². The van der Waals surface area contributed by atoms with Crippen LogP contribution in [0, 0.1) is 11.8 Å². The summed E-state index contributed by atoms with van der Waals surface area (Å²) in [5.74, 6) is -2.82. The normalized spacial score (nSPS) is 20.9. The lowest BCUT2D eigenvalue weighted by Crippen LogP contribution is -2.34. The van der Waals surface area contributed by atoms with Crippen LogP contribution in [-0.2, 0) is 25.2 Å². The molecule has 6 nitrogen and oxygen atoms in total. The van der Waals surface area contributed by atoms with Crippen LogP contribution in [0.15, 0.2) is 36.4 Å². The van der Waals surface area contributed by atoms with E-state index in [0.29, 0.717) is 24.1 Å². The molecule has 124 valence electrons. The van der Waals surface area contributed by atoms with Gasteiger partial charge in [0, 0.05) is 11.9 Å². The van der Waals surface area contributed by atoms with E-state index in [4.69, 9.17) is 0 Å².